The van der Waals surface area contributed by atoms with Crippen molar-refractivity contribution in [3.05, 3.63) is 81.5 Å². The van der Waals surface area contributed by atoms with Gasteiger partial charge in [0, 0.05) is 21.2 Å². The van der Waals surface area contributed by atoms with Crippen LogP contribution in [0, 0.1) is 0 Å². The summed E-state index contributed by atoms with van der Waals surface area (Å²) in [6.45, 7) is 0.365. The number of carbonyl (C=O) groups is 1. The summed E-state index contributed by atoms with van der Waals surface area (Å²) in [7, 11) is 0. The monoisotopic (exact) mass is 388 g/mol. The maximum atomic E-state index is 11.3. The van der Waals surface area contributed by atoms with Crippen LogP contribution in [0.2, 0.25) is 10.0 Å². The third kappa shape index (κ3) is 4.07. The third-order valence-corrected chi connectivity index (χ3v) is 4.36. The Morgan fingerprint density at radius 2 is 1.81 bits per heavy atom. The predicted molar refractivity (Wildman–Crippen MR) is 102 cm³/mol. The van der Waals surface area contributed by atoms with Gasteiger partial charge in [0.15, 0.2) is 0 Å². The normalized spacial score (nSPS) is 11.0. The van der Waals surface area contributed by atoms with Gasteiger partial charge in [-0.25, -0.2) is 4.79 Å². The third-order valence-electron chi connectivity index (χ3n) is 3.65. The van der Waals surface area contributed by atoms with Crippen LogP contribution in [0.5, 0.6) is 0 Å². The number of hydrogen-bond donors (Lipinski definition) is 2. The molecule has 132 valence electrons. The van der Waals surface area contributed by atoms with Gasteiger partial charge in [0.05, 0.1) is 18.3 Å². The molecule has 0 unspecified atom stereocenters. The largest absolute Gasteiger partial charge is 0.478 e. The van der Waals surface area contributed by atoms with E-state index in [9.17, 15) is 9.90 Å². The second-order valence-electron chi connectivity index (χ2n) is 5.35. The predicted octanol–water partition coefficient (Wildman–Crippen LogP) is 5.08. The maximum absolute atomic E-state index is 11.3. The fraction of sp³-hybridized carbons (Fsp3) is 0.0526. The SMILES string of the molecule is O=C(O)c1ccccc1-c1ccc(/C=N\NCc2c(Cl)cccc2Cl)o1. The average Bonchev–Trinajstić information content (AvgIpc) is 3.09. The van der Waals surface area contributed by atoms with E-state index in [4.69, 9.17) is 27.6 Å². The van der Waals surface area contributed by atoms with Gasteiger partial charge in [0.1, 0.15) is 11.5 Å². The number of furan rings is 1. The first-order valence-corrected chi connectivity index (χ1v) is 8.43. The first-order valence-electron chi connectivity index (χ1n) is 7.67. The summed E-state index contributed by atoms with van der Waals surface area (Å²) in [6, 6.07) is 15.4. The van der Waals surface area contributed by atoms with Crippen molar-refractivity contribution in [3.63, 3.8) is 0 Å². The number of benzene rings is 2. The zero-order valence-electron chi connectivity index (χ0n) is 13.4. The Morgan fingerprint density at radius 3 is 2.54 bits per heavy atom. The highest BCUT2D eigenvalue weighted by atomic mass is 35.5. The summed E-state index contributed by atoms with van der Waals surface area (Å²) < 4.78 is 5.66. The lowest BCUT2D eigenvalue weighted by atomic mass is 10.1. The highest BCUT2D eigenvalue weighted by molar-refractivity contribution is 6.35. The Labute approximate surface area is 159 Å². The minimum absolute atomic E-state index is 0.178. The van der Waals surface area contributed by atoms with Crippen molar-refractivity contribution in [1.29, 1.82) is 0 Å². The summed E-state index contributed by atoms with van der Waals surface area (Å²) in [5.74, 6) is -0.0675. The number of rotatable bonds is 6. The highest BCUT2D eigenvalue weighted by Crippen LogP contribution is 2.26. The summed E-state index contributed by atoms with van der Waals surface area (Å²) in [5, 5.41) is 14.5. The number of carboxylic acid groups (broad SMARTS) is 1. The Balaban J connectivity index is 1.69. The molecule has 0 aliphatic carbocycles. The number of nitrogens with one attached hydrogen (secondary N) is 1. The molecule has 0 spiro atoms. The molecule has 2 aromatic carbocycles. The van der Waals surface area contributed by atoms with Crippen LogP contribution in [0.3, 0.4) is 0 Å². The van der Waals surface area contributed by atoms with Crippen molar-refractivity contribution < 1.29 is 14.3 Å². The highest BCUT2D eigenvalue weighted by Gasteiger charge is 2.13. The molecule has 0 fully saturated rings. The Hall–Kier alpha value is -2.76. The molecule has 0 radical (unpaired) electrons. The maximum Gasteiger partial charge on any atom is 0.336 e. The van der Waals surface area contributed by atoms with E-state index in [1.165, 1.54) is 12.3 Å². The van der Waals surface area contributed by atoms with E-state index in [0.717, 1.165) is 5.56 Å². The molecule has 2 N–H and O–H groups in total. The van der Waals surface area contributed by atoms with E-state index in [0.29, 0.717) is 33.7 Å². The topological polar surface area (TPSA) is 74.8 Å². The van der Waals surface area contributed by atoms with Crippen LogP contribution in [-0.2, 0) is 6.54 Å². The van der Waals surface area contributed by atoms with Crippen LogP contribution < -0.4 is 5.43 Å². The summed E-state index contributed by atoms with van der Waals surface area (Å²) in [6.07, 6.45) is 1.50. The Kier molecular flexibility index (Phi) is 5.61. The van der Waals surface area contributed by atoms with Crippen LogP contribution in [-0.4, -0.2) is 17.3 Å². The molecule has 5 nitrogen and oxygen atoms in total. The van der Waals surface area contributed by atoms with Gasteiger partial charge in [-0.05, 0) is 30.3 Å². The van der Waals surface area contributed by atoms with E-state index in [2.05, 4.69) is 10.5 Å². The van der Waals surface area contributed by atoms with Crippen LogP contribution in [0.4, 0.5) is 0 Å². The molecule has 1 aromatic heterocycles. The molecule has 0 aliphatic heterocycles. The van der Waals surface area contributed by atoms with E-state index >= 15 is 0 Å². The smallest absolute Gasteiger partial charge is 0.336 e. The lowest BCUT2D eigenvalue weighted by Gasteiger charge is -2.05. The van der Waals surface area contributed by atoms with Crippen LogP contribution >= 0.6 is 23.2 Å². The summed E-state index contributed by atoms with van der Waals surface area (Å²) in [4.78, 5) is 11.3. The van der Waals surface area contributed by atoms with Gasteiger partial charge in [-0.15, -0.1) is 0 Å². The molecule has 0 saturated heterocycles. The van der Waals surface area contributed by atoms with Crippen molar-refractivity contribution in [3.8, 4) is 11.3 Å². The number of carboxylic acids is 1. The summed E-state index contributed by atoms with van der Waals surface area (Å²) >= 11 is 12.2. The number of hydrogen-bond acceptors (Lipinski definition) is 4. The Bertz CT molecular complexity index is 947. The molecule has 0 amide bonds. The molecule has 3 aromatic rings. The van der Waals surface area contributed by atoms with E-state index < -0.39 is 5.97 Å². The molecule has 3 rings (SSSR count). The Morgan fingerprint density at radius 1 is 1.08 bits per heavy atom. The molecular formula is C19H14Cl2N2O3. The van der Waals surface area contributed by atoms with Gasteiger partial charge in [0.25, 0.3) is 0 Å². The molecule has 0 aliphatic rings. The van der Waals surface area contributed by atoms with Gasteiger partial charge >= 0.3 is 5.97 Å². The number of hydrazone groups is 1. The first kappa shape index (κ1) is 18.0. The quantitative estimate of drug-likeness (QED) is 0.456. The zero-order chi connectivity index (χ0) is 18.5. The fourth-order valence-electron chi connectivity index (χ4n) is 2.39. The number of aromatic carboxylic acids is 1. The number of nitrogens with zero attached hydrogens (tertiary/aromatic N) is 1. The second-order valence-corrected chi connectivity index (χ2v) is 6.16. The summed E-state index contributed by atoms with van der Waals surface area (Å²) in [5.41, 5.74) is 4.30. The zero-order valence-corrected chi connectivity index (χ0v) is 15.0. The van der Waals surface area contributed by atoms with E-state index in [1.54, 1.807) is 48.5 Å². The van der Waals surface area contributed by atoms with Gasteiger partial charge in [0.2, 0.25) is 0 Å². The van der Waals surface area contributed by atoms with Gasteiger partial charge in [-0.2, -0.15) is 5.10 Å². The molecular weight excluding hydrogens is 375 g/mol. The second kappa shape index (κ2) is 8.08. The van der Waals surface area contributed by atoms with Gasteiger partial charge in [-0.1, -0.05) is 47.5 Å². The molecule has 0 saturated carbocycles. The molecule has 1 heterocycles. The minimum atomic E-state index is -1.01. The average molecular weight is 389 g/mol. The van der Waals surface area contributed by atoms with Crippen molar-refractivity contribution in [2.24, 2.45) is 5.10 Å². The first-order chi connectivity index (χ1) is 12.6. The van der Waals surface area contributed by atoms with Crippen molar-refractivity contribution in [1.82, 2.24) is 5.43 Å². The lowest BCUT2D eigenvalue weighted by Crippen LogP contribution is -2.06. The molecule has 0 atom stereocenters. The fourth-order valence-corrected chi connectivity index (χ4v) is 2.92. The number of halogens is 2. The standard InChI is InChI=1S/C19H14Cl2N2O3/c20-16-6-3-7-17(21)15(16)11-23-22-10-12-8-9-18(26-12)13-4-1-2-5-14(13)19(24)25/h1-10,23H,11H2,(H,24,25)/b22-10-. The van der Waals surface area contributed by atoms with Crippen LogP contribution in [0.1, 0.15) is 21.7 Å². The molecule has 0 bridgehead atoms. The molecule has 26 heavy (non-hydrogen) atoms. The van der Waals surface area contributed by atoms with Gasteiger partial charge in [-0.3, -0.25) is 0 Å². The van der Waals surface area contributed by atoms with Crippen molar-refractivity contribution in [2.45, 2.75) is 6.54 Å². The minimum Gasteiger partial charge on any atom is -0.478 e. The van der Waals surface area contributed by atoms with Crippen LogP contribution in [0.25, 0.3) is 11.3 Å². The molecule has 7 heteroatoms. The van der Waals surface area contributed by atoms with Gasteiger partial charge < -0.3 is 14.9 Å². The van der Waals surface area contributed by atoms with Crippen molar-refractivity contribution >= 4 is 35.4 Å². The lowest BCUT2D eigenvalue weighted by molar-refractivity contribution is 0.0697. The van der Waals surface area contributed by atoms with E-state index in [-0.39, 0.29) is 5.56 Å². The van der Waals surface area contributed by atoms with Crippen molar-refractivity contribution in [2.75, 3.05) is 0 Å². The van der Waals surface area contributed by atoms with E-state index in [1.807, 2.05) is 0 Å². The van der Waals surface area contributed by atoms with Crippen LogP contribution in [0.15, 0.2) is 64.1 Å².